The van der Waals surface area contributed by atoms with Gasteiger partial charge in [0, 0.05) is 18.8 Å². The molecule has 92 valence electrons. The van der Waals surface area contributed by atoms with Crippen molar-refractivity contribution in [2.24, 2.45) is 11.7 Å². The van der Waals surface area contributed by atoms with Crippen molar-refractivity contribution in [1.82, 2.24) is 9.88 Å². The highest BCUT2D eigenvalue weighted by atomic mass is 19.1. The maximum absolute atomic E-state index is 12.8. The van der Waals surface area contributed by atoms with Gasteiger partial charge < -0.3 is 5.73 Å². The number of hydrogen-bond donors (Lipinski definition) is 1. The molecule has 5 heteroatoms. The summed E-state index contributed by atoms with van der Waals surface area (Å²) in [5, 5.41) is 0. The van der Waals surface area contributed by atoms with Crippen molar-refractivity contribution in [2.45, 2.75) is 19.9 Å². The van der Waals surface area contributed by atoms with Gasteiger partial charge in [-0.15, -0.1) is 0 Å². The van der Waals surface area contributed by atoms with Gasteiger partial charge in [0.1, 0.15) is 0 Å². The molecule has 1 amide bonds. The van der Waals surface area contributed by atoms with Crippen LogP contribution in [0.2, 0.25) is 0 Å². The number of carbonyl (C=O) groups excluding carboxylic acids is 1. The summed E-state index contributed by atoms with van der Waals surface area (Å²) in [7, 11) is 0. The lowest BCUT2D eigenvalue weighted by atomic mass is 10.1. The van der Waals surface area contributed by atoms with Gasteiger partial charge in [0.15, 0.2) is 0 Å². The zero-order chi connectivity index (χ0) is 12.4. The van der Waals surface area contributed by atoms with E-state index in [1.54, 1.807) is 13.0 Å². The average Bonchev–Trinajstić information content (AvgIpc) is 2.71. The lowest BCUT2D eigenvalue weighted by Gasteiger charge is -2.16. The van der Waals surface area contributed by atoms with Crippen molar-refractivity contribution in [3.63, 3.8) is 0 Å². The number of nitrogens with two attached hydrogens (primary N) is 1. The summed E-state index contributed by atoms with van der Waals surface area (Å²) in [5.41, 5.74) is 6.97. The van der Waals surface area contributed by atoms with Crippen LogP contribution in [-0.2, 0) is 11.3 Å². The van der Waals surface area contributed by atoms with Crippen molar-refractivity contribution < 1.29 is 9.18 Å². The lowest BCUT2D eigenvalue weighted by Crippen LogP contribution is -2.27. The second-order valence-electron chi connectivity index (χ2n) is 4.50. The molecule has 0 radical (unpaired) electrons. The predicted molar refractivity (Wildman–Crippen MR) is 61.5 cm³/mol. The Bertz CT molecular complexity index is 436. The summed E-state index contributed by atoms with van der Waals surface area (Å²) in [6, 6.07) is 3.11. The van der Waals surface area contributed by atoms with E-state index in [0.717, 1.165) is 18.5 Å². The number of halogens is 1. The number of aromatic nitrogens is 1. The van der Waals surface area contributed by atoms with E-state index in [2.05, 4.69) is 9.88 Å². The minimum absolute atomic E-state index is 0.0521. The van der Waals surface area contributed by atoms with Crippen LogP contribution in [0.25, 0.3) is 0 Å². The Morgan fingerprint density at radius 2 is 2.41 bits per heavy atom. The zero-order valence-electron chi connectivity index (χ0n) is 9.82. The smallest absolute Gasteiger partial charge is 0.221 e. The molecular weight excluding hydrogens is 221 g/mol. The van der Waals surface area contributed by atoms with Gasteiger partial charge in [0.05, 0.1) is 5.92 Å². The fourth-order valence-electron chi connectivity index (χ4n) is 2.18. The maximum Gasteiger partial charge on any atom is 0.221 e. The number of pyridine rings is 1. The second-order valence-corrected chi connectivity index (χ2v) is 4.50. The third kappa shape index (κ3) is 2.79. The molecule has 0 saturated carbocycles. The molecule has 1 atom stereocenters. The number of aryl methyl sites for hydroxylation is 1. The topological polar surface area (TPSA) is 59.2 Å². The van der Waals surface area contributed by atoms with Gasteiger partial charge in [-0.2, -0.15) is 4.39 Å². The van der Waals surface area contributed by atoms with E-state index in [1.807, 2.05) is 0 Å². The van der Waals surface area contributed by atoms with Gasteiger partial charge in [0.2, 0.25) is 11.9 Å². The second kappa shape index (κ2) is 4.79. The number of rotatable bonds is 3. The van der Waals surface area contributed by atoms with Crippen LogP contribution in [0.4, 0.5) is 4.39 Å². The quantitative estimate of drug-likeness (QED) is 0.792. The lowest BCUT2D eigenvalue weighted by molar-refractivity contribution is -0.121. The van der Waals surface area contributed by atoms with E-state index in [9.17, 15) is 9.18 Å². The number of nitrogens with zero attached hydrogens (tertiary/aromatic N) is 2. The van der Waals surface area contributed by atoms with Gasteiger partial charge in [-0.25, -0.2) is 4.98 Å². The molecule has 1 saturated heterocycles. The third-order valence-corrected chi connectivity index (χ3v) is 3.23. The number of carbonyl (C=O) groups is 1. The van der Waals surface area contributed by atoms with Crippen LogP contribution in [0.1, 0.15) is 17.7 Å². The molecule has 0 aromatic carbocycles. The predicted octanol–water partition coefficient (Wildman–Crippen LogP) is 0.836. The summed E-state index contributed by atoms with van der Waals surface area (Å²) in [6.07, 6.45) is 0.809. The monoisotopic (exact) mass is 237 g/mol. The summed E-state index contributed by atoms with van der Waals surface area (Å²) >= 11 is 0. The Morgan fingerprint density at radius 1 is 1.65 bits per heavy atom. The molecule has 2 heterocycles. The first-order chi connectivity index (χ1) is 8.06. The highest BCUT2D eigenvalue weighted by molar-refractivity contribution is 5.77. The Labute approximate surface area is 99.6 Å². The van der Waals surface area contributed by atoms with Crippen LogP contribution >= 0.6 is 0 Å². The molecule has 1 aromatic rings. The SMILES string of the molecule is Cc1nc(F)ccc1CN1CC[C@@H](C(N)=O)C1. The first-order valence-electron chi connectivity index (χ1n) is 5.70. The Balaban J connectivity index is 2.00. The largest absolute Gasteiger partial charge is 0.369 e. The molecule has 1 fully saturated rings. The van der Waals surface area contributed by atoms with Crippen molar-refractivity contribution in [2.75, 3.05) is 13.1 Å². The molecule has 0 bridgehead atoms. The normalized spacial score (nSPS) is 20.7. The molecule has 4 nitrogen and oxygen atoms in total. The van der Waals surface area contributed by atoms with E-state index < -0.39 is 5.95 Å². The van der Waals surface area contributed by atoms with Crippen LogP contribution in [0.3, 0.4) is 0 Å². The molecule has 1 aliphatic heterocycles. The summed E-state index contributed by atoms with van der Waals surface area (Å²) in [6.45, 7) is 4.03. The van der Waals surface area contributed by atoms with Crippen LogP contribution in [0.15, 0.2) is 12.1 Å². The third-order valence-electron chi connectivity index (χ3n) is 3.23. The van der Waals surface area contributed by atoms with Crippen LogP contribution < -0.4 is 5.73 Å². The summed E-state index contributed by atoms with van der Waals surface area (Å²) in [5.74, 6) is -0.743. The Kier molecular flexibility index (Phi) is 3.38. The molecule has 0 aliphatic carbocycles. The van der Waals surface area contributed by atoms with Gasteiger partial charge >= 0.3 is 0 Å². The first-order valence-corrected chi connectivity index (χ1v) is 5.70. The molecule has 17 heavy (non-hydrogen) atoms. The summed E-state index contributed by atoms with van der Waals surface area (Å²) in [4.78, 5) is 17.0. The van der Waals surface area contributed by atoms with E-state index in [0.29, 0.717) is 18.8 Å². The van der Waals surface area contributed by atoms with Crippen molar-refractivity contribution in [1.29, 1.82) is 0 Å². The van der Waals surface area contributed by atoms with Crippen molar-refractivity contribution in [3.8, 4) is 0 Å². The minimum atomic E-state index is -0.456. The minimum Gasteiger partial charge on any atom is -0.369 e. The molecule has 1 aliphatic rings. The van der Waals surface area contributed by atoms with E-state index in [-0.39, 0.29) is 11.8 Å². The molecule has 0 spiro atoms. The maximum atomic E-state index is 12.8. The van der Waals surface area contributed by atoms with Crippen molar-refractivity contribution >= 4 is 5.91 Å². The van der Waals surface area contributed by atoms with Gasteiger partial charge in [-0.1, -0.05) is 6.07 Å². The fraction of sp³-hybridized carbons (Fsp3) is 0.500. The van der Waals surface area contributed by atoms with Gasteiger partial charge in [-0.3, -0.25) is 9.69 Å². The molecular formula is C12H16FN3O. The van der Waals surface area contributed by atoms with Crippen molar-refractivity contribution in [3.05, 3.63) is 29.3 Å². The van der Waals surface area contributed by atoms with E-state index in [1.165, 1.54) is 6.07 Å². The Morgan fingerprint density at radius 3 is 3.00 bits per heavy atom. The first kappa shape index (κ1) is 12.0. The van der Waals surface area contributed by atoms with Gasteiger partial charge in [-0.05, 0) is 31.5 Å². The highest BCUT2D eigenvalue weighted by Gasteiger charge is 2.26. The zero-order valence-corrected chi connectivity index (χ0v) is 9.82. The number of primary amides is 1. The fourth-order valence-corrected chi connectivity index (χ4v) is 2.18. The van der Waals surface area contributed by atoms with E-state index >= 15 is 0 Å². The Hall–Kier alpha value is -1.49. The van der Waals surface area contributed by atoms with Gasteiger partial charge in [0.25, 0.3) is 0 Å². The molecule has 2 rings (SSSR count). The number of amides is 1. The van der Waals surface area contributed by atoms with Crippen LogP contribution in [0.5, 0.6) is 0 Å². The molecule has 0 unspecified atom stereocenters. The standard InChI is InChI=1S/C12H16FN3O/c1-8-9(2-3-11(13)15-8)6-16-5-4-10(7-16)12(14)17/h2-3,10H,4-7H2,1H3,(H2,14,17)/t10-/m1/s1. The molecule has 1 aromatic heterocycles. The highest BCUT2D eigenvalue weighted by Crippen LogP contribution is 2.19. The van der Waals surface area contributed by atoms with E-state index in [4.69, 9.17) is 5.73 Å². The number of likely N-dealkylation sites (tertiary alicyclic amines) is 1. The summed E-state index contributed by atoms with van der Waals surface area (Å²) < 4.78 is 12.8. The number of hydrogen-bond acceptors (Lipinski definition) is 3. The molecule has 2 N–H and O–H groups in total. The van der Waals surface area contributed by atoms with Crippen LogP contribution in [0, 0.1) is 18.8 Å². The van der Waals surface area contributed by atoms with Crippen LogP contribution in [-0.4, -0.2) is 28.9 Å². The average molecular weight is 237 g/mol.